The van der Waals surface area contributed by atoms with Gasteiger partial charge in [0.05, 0.1) is 18.7 Å². The molecule has 0 bridgehead atoms. The van der Waals surface area contributed by atoms with Crippen LogP contribution in [0.3, 0.4) is 0 Å². The SMILES string of the molecule is CNc1nc(Nc2ccc(OC)cc2C)c2cn[nH]c2n1. The second kappa shape index (κ2) is 5.28. The van der Waals surface area contributed by atoms with E-state index in [9.17, 15) is 0 Å². The van der Waals surface area contributed by atoms with Crippen LogP contribution in [-0.4, -0.2) is 34.3 Å². The lowest BCUT2D eigenvalue weighted by atomic mass is 10.2. The number of benzene rings is 1. The van der Waals surface area contributed by atoms with E-state index in [0.717, 1.165) is 22.4 Å². The number of ether oxygens (including phenoxy) is 1. The van der Waals surface area contributed by atoms with Crippen molar-refractivity contribution < 1.29 is 4.74 Å². The van der Waals surface area contributed by atoms with Crippen molar-refractivity contribution in [2.75, 3.05) is 24.8 Å². The second-order valence-electron chi connectivity index (χ2n) is 4.58. The van der Waals surface area contributed by atoms with Crippen molar-refractivity contribution in [3.8, 4) is 5.75 Å². The number of methoxy groups -OCH3 is 1. The molecule has 21 heavy (non-hydrogen) atoms. The van der Waals surface area contributed by atoms with Crippen LogP contribution >= 0.6 is 0 Å². The molecule has 0 aliphatic carbocycles. The van der Waals surface area contributed by atoms with Crippen LogP contribution < -0.4 is 15.4 Å². The van der Waals surface area contributed by atoms with Crippen LogP contribution in [0.25, 0.3) is 11.0 Å². The fourth-order valence-electron chi connectivity index (χ4n) is 2.07. The van der Waals surface area contributed by atoms with E-state index < -0.39 is 0 Å². The highest BCUT2D eigenvalue weighted by atomic mass is 16.5. The first-order valence-corrected chi connectivity index (χ1v) is 6.52. The van der Waals surface area contributed by atoms with Gasteiger partial charge < -0.3 is 15.4 Å². The number of aromatic nitrogens is 4. The monoisotopic (exact) mass is 284 g/mol. The molecule has 0 atom stereocenters. The van der Waals surface area contributed by atoms with Crippen LogP contribution in [0, 0.1) is 6.92 Å². The fourth-order valence-corrected chi connectivity index (χ4v) is 2.07. The van der Waals surface area contributed by atoms with Gasteiger partial charge in [-0.25, -0.2) is 0 Å². The molecule has 3 rings (SSSR count). The third-order valence-electron chi connectivity index (χ3n) is 3.22. The Balaban J connectivity index is 2.03. The van der Waals surface area contributed by atoms with E-state index in [2.05, 4.69) is 30.8 Å². The Hall–Kier alpha value is -2.83. The predicted octanol–water partition coefficient (Wildman–Crippen LogP) is 2.46. The Morgan fingerprint density at radius 3 is 2.81 bits per heavy atom. The average molecular weight is 284 g/mol. The lowest BCUT2D eigenvalue weighted by Crippen LogP contribution is -2.02. The van der Waals surface area contributed by atoms with E-state index in [0.29, 0.717) is 17.4 Å². The number of hydrogen-bond acceptors (Lipinski definition) is 6. The maximum atomic E-state index is 5.22. The Morgan fingerprint density at radius 2 is 2.10 bits per heavy atom. The summed E-state index contributed by atoms with van der Waals surface area (Å²) in [4.78, 5) is 8.75. The molecule has 3 aromatic rings. The molecule has 0 radical (unpaired) electrons. The molecule has 108 valence electrons. The Bertz CT molecular complexity index is 782. The minimum Gasteiger partial charge on any atom is -0.497 e. The number of nitrogens with zero attached hydrogens (tertiary/aromatic N) is 3. The molecule has 0 fully saturated rings. The van der Waals surface area contributed by atoms with E-state index in [1.165, 1.54) is 0 Å². The van der Waals surface area contributed by atoms with Gasteiger partial charge in [0.25, 0.3) is 0 Å². The summed E-state index contributed by atoms with van der Waals surface area (Å²) in [7, 11) is 3.43. The summed E-state index contributed by atoms with van der Waals surface area (Å²) in [5.74, 6) is 2.05. The zero-order chi connectivity index (χ0) is 14.8. The molecule has 2 aromatic heterocycles. The maximum absolute atomic E-state index is 5.22. The van der Waals surface area contributed by atoms with Crippen molar-refractivity contribution in [3.05, 3.63) is 30.0 Å². The zero-order valence-corrected chi connectivity index (χ0v) is 12.1. The van der Waals surface area contributed by atoms with Crippen molar-refractivity contribution in [1.29, 1.82) is 0 Å². The number of nitrogens with one attached hydrogen (secondary N) is 3. The van der Waals surface area contributed by atoms with Gasteiger partial charge in [-0.3, -0.25) is 5.10 Å². The molecule has 1 aromatic carbocycles. The molecule has 7 heteroatoms. The molecular formula is C14H16N6O. The summed E-state index contributed by atoms with van der Waals surface area (Å²) in [5, 5.41) is 14.0. The van der Waals surface area contributed by atoms with Gasteiger partial charge in [0.2, 0.25) is 5.95 Å². The van der Waals surface area contributed by atoms with Gasteiger partial charge in [0, 0.05) is 12.7 Å². The molecule has 0 aliphatic heterocycles. The van der Waals surface area contributed by atoms with E-state index in [-0.39, 0.29) is 0 Å². The molecule has 0 amide bonds. The summed E-state index contributed by atoms with van der Waals surface area (Å²) in [6.07, 6.45) is 1.70. The predicted molar refractivity (Wildman–Crippen MR) is 82.2 cm³/mol. The first-order chi connectivity index (χ1) is 10.2. The molecule has 3 N–H and O–H groups in total. The largest absolute Gasteiger partial charge is 0.497 e. The summed E-state index contributed by atoms with van der Waals surface area (Å²) >= 11 is 0. The van der Waals surface area contributed by atoms with Crippen molar-refractivity contribution in [1.82, 2.24) is 20.2 Å². The zero-order valence-electron chi connectivity index (χ0n) is 12.1. The topological polar surface area (TPSA) is 87.8 Å². The van der Waals surface area contributed by atoms with E-state index in [1.807, 2.05) is 25.1 Å². The molecule has 0 unspecified atom stereocenters. The smallest absolute Gasteiger partial charge is 0.226 e. The van der Waals surface area contributed by atoms with Gasteiger partial charge in [-0.2, -0.15) is 15.1 Å². The lowest BCUT2D eigenvalue weighted by Gasteiger charge is -2.11. The Morgan fingerprint density at radius 1 is 1.24 bits per heavy atom. The number of rotatable bonds is 4. The number of anilines is 3. The van der Waals surface area contributed by atoms with Gasteiger partial charge in [-0.05, 0) is 30.7 Å². The highest BCUT2D eigenvalue weighted by Crippen LogP contribution is 2.27. The molecule has 0 saturated heterocycles. The summed E-state index contributed by atoms with van der Waals surface area (Å²) in [5.41, 5.74) is 2.71. The van der Waals surface area contributed by atoms with Gasteiger partial charge in [-0.15, -0.1) is 0 Å². The van der Waals surface area contributed by atoms with Crippen LogP contribution in [0.5, 0.6) is 5.75 Å². The number of aryl methyl sites for hydroxylation is 1. The van der Waals surface area contributed by atoms with Crippen molar-refractivity contribution >= 4 is 28.5 Å². The molecular weight excluding hydrogens is 268 g/mol. The van der Waals surface area contributed by atoms with Gasteiger partial charge in [0.15, 0.2) is 5.65 Å². The Labute approximate surface area is 121 Å². The van der Waals surface area contributed by atoms with Crippen LogP contribution in [0.1, 0.15) is 5.56 Å². The minimum atomic E-state index is 0.528. The molecule has 2 heterocycles. The van der Waals surface area contributed by atoms with Crippen LogP contribution in [0.4, 0.5) is 17.5 Å². The van der Waals surface area contributed by atoms with Crippen molar-refractivity contribution in [2.24, 2.45) is 0 Å². The minimum absolute atomic E-state index is 0.528. The van der Waals surface area contributed by atoms with E-state index in [4.69, 9.17) is 4.74 Å². The first-order valence-electron chi connectivity index (χ1n) is 6.52. The van der Waals surface area contributed by atoms with Gasteiger partial charge >= 0.3 is 0 Å². The Kier molecular flexibility index (Phi) is 3.31. The van der Waals surface area contributed by atoms with Gasteiger partial charge in [-0.1, -0.05) is 0 Å². The second-order valence-corrected chi connectivity index (χ2v) is 4.58. The van der Waals surface area contributed by atoms with Crippen LogP contribution in [-0.2, 0) is 0 Å². The number of H-pyrrole nitrogens is 1. The average Bonchev–Trinajstić information content (AvgIpc) is 2.97. The highest BCUT2D eigenvalue weighted by molar-refractivity contribution is 5.89. The third kappa shape index (κ3) is 2.45. The molecule has 0 saturated carbocycles. The van der Waals surface area contributed by atoms with Crippen molar-refractivity contribution in [3.63, 3.8) is 0 Å². The standard InChI is InChI=1S/C14H16N6O/c1-8-6-9(21-3)4-5-11(8)17-12-10-7-16-20-13(10)19-14(15-2)18-12/h4-7H,1-3H3,(H3,15,16,17,18,19,20). The quantitative estimate of drug-likeness (QED) is 0.682. The third-order valence-corrected chi connectivity index (χ3v) is 3.22. The summed E-state index contributed by atoms with van der Waals surface area (Å²) < 4.78 is 5.22. The molecule has 7 nitrogen and oxygen atoms in total. The fraction of sp³-hybridized carbons (Fsp3) is 0.214. The molecule has 0 aliphatic rings. The first kappa shape index (κ1) is 13.2. The highest BCUT2D eigenvalue weighted by Gasteiger charge is 2.10. The number of fused-ring (bicyclic) bond motifs is 1. The summed E-state index contributed by atoms with van der Waals surface area (Å²) in [6.45, 7) is 2.01. The summed E-state index contributed by atoms with van der Waals surface area (Å²) in [6, 6.07) is 5.83. The van der Waals surface area contributed by atoms with Crippen LogP contribution in [0.15, 0.2) is 24.4 Å². The number of aromatic amines is 1. The van der Waals surface area contributed by atoms with E-state index >= 15 is 0 Å². The molecule has 0 spiro atoms. The normalized spacial score (nSPS) is 10.6. The lowest BCUT2D eigenvalue weighted by molar-refractivity contribution is 0.414. The van der Waals surface area contributed by atoms with E-state index in [1.54, 1.807) is 20.4 Å². The van der Waals surface area contributed by atoms with Gasteiger partial charge in [0.1, 0.15) is 11.6 Å². The number of hydrogen-bond donors (Lipinski definition) is 3. The maximum Gasteiger partial charge on any atom is 0.226 e. The van der Waals surface area contributed by atoms with Crippen LogP contribution in [0.2, 0.25) is 0 Å². The van der Waals surface area contributed by atoms with Crippen molar-refractivity contribution in [2.45, 2.75) is 6.92 Å².